The smallest absolute Gasteiger partial charge is 0.174 e. The summed E-state index contributed by atoms with van der Waals surface area (Å²) in [5.74, 6) is 0. The summed E-state index contributed by atoms with van der Waals surface area (Å²) in [5, 5.41) is 8.47. The predicted octanol–water partition coefficient (Wildman–Crippen LogP) is 1.82. The number of nitrogens with zero attached hydrogens (tertiary/aromatic N) is 2. The van der Waals surface area contributed by atoms with Crippen LogP contribution >= 0.6 is 0 Å². The minimum atomic E-state index is 0.929. The van der Waals surface area contributed by atoms with E-state index in [0.29, 0.717) is 0 Å². The lowest BCUT2D eigenvalue weighted by Gasteiger charge is -1.91. The molecule has 2 nitrogen and oxygen atoms in total. The first kappa shape index (κ1) is 12.3. The SMILES string of the molecule is C=CCc1cc[n+](C=C)cc1.N#C[S-]. The Balaban J connectivity index is 0.000000500. The molecule has 72 valence electrons. The molecular weight excluding hydrogens is 192 g/mol. The van der Waals surface area contributed by atoms with E-state index in [0.717, 1.165) is 6.42 Å². The lowest BCUT2D eigenvalue weighted by atomic mass is 10.2. The monoisotopic (exact) mass is 204 g/mol. The second-order valence-corrected chi connectivity index (χ2v) is 2.60. The van der Waals surface area contributed by atoms with Crippen LogP contribution in [0.4, 0.5) is 0 Å². The van der Waals surface area contributed by atoms with Gasteiger partial charge in [-0.3, -0.25) is 0 Å². The number of allylic oxidation sites excluding steroid dienone is 1. The van der Waals surface area contributed by atoms with Crippen LogP contribution in [0.25, 0.3) is 6.20 Å². The van der Waals surface area contributed by atoms with Gasteiger partial charge >= 0.3 is 0 Å². The molecule has 0 aliphatic carbocycles. The molecule has 0 aromatic carbocycles. The summed E-state index contributed by atoms with van der Waals surface area (Å²) in [7, 11) is 0. The Bertz CT molecular complexity index is 322. The van der Waals surface area contributed by atoms with E-state index in [4.69, 9.17) is 5.26 Å². The van der Waals surface area contributed by atoms with Crippen LogP contribution in [0.5, 0.6) is 0 Å². The fraction of sp³-hybridized carbons (Fsp3) is 0.0909. The second kappa shape index (κ2) is 7.96. The van der Waals surface area contributed by atoms with Crippen molar-refractivity contribution >= 4 is 18.8 Å². The molecule has 0 aliphatic heterocycles. The summed E-state index contributed by atoms with van der Waals surface area (Å²) in [6.07, 6.45) is 8.54. The summed E-state index contributed by atoms with van der Waals surface area (Å²) < 4.78 is 1.91. The van der Waals surface area contributed by atoms with Crippen LogP contribution in [0, 0.1) is 10.7 Å². The maximum absolute atomic E-state index is 7.13. The van der Waals surface area contributed by atoms with Gasteiger partial charge in [0.05, 0.1) is 0 Å². The normalized spacial score (nSPS) is 7.64. The van der Waals surface area contributed by atoms with Gasteiger partial charge < -0.3 is 12.6 Å². The lowest BCUT2D eigenvalue weighted by molar-refractivity contribution is -0.568. The van der Waals surface area contributed by atoms with Crippen LogP contribution in [0.15, 0.2) is 43.8 Å². The number of hydrogen-bond donors (Lipinski definition) is 0. The van der Waals surface area contributed by atoms with E-state index in [2.05, 4.69) is 37.9 Å². The number of aromatic nitrogens is 1. The summed E-state index contributed by atoms with van der Waals surface area (Å²) in [6.45, 7) is 7.32. The number of rotatable bonds is 3. The molecule has 0 radical (unpaired) electrons. The molecule has 1 heterocycles. The van der Waals surface area contributed by atoms with E-state index in [9.17, 15) is 0 Å². The molecule has 0 saturated heterocycles. The van der Waals surface area contributed by atoms with Crippen LogP contribution in [-0.4, -0.2) is 0 Å². The molecule has 1 aromatic rings. The molecule has 0 atom stereocenters. The topological polar surface area (TPSA) is 27.7 Å². The summed E-state index contributed by atoms with van der Waals surface area (Å²) in [4.78, 5) is 0. The van der Waals surface area contributed by atoms with E-state index in [1.54, 1.807) is 6.20 Å². The molecular formula is C11H12N2S. The van der Waals surface area contributed by atoms with Gasteiger partial charge in [-0.15, -0.1) is 6.58 Å². The summed E-state index contributed by atoms with van der Waals surface area (Å²) >= 11 is 3.70. The van der Waals surface area contributed by atoms with Crippen molar-refractivity contribution in [1.82, 2.24) is 0 Å². The zero-order valence-electron chi connectivity index (χ0n) is 7.89. The summed E-state index contributed by atoms with van der Waals surface area (Å²) in [5.41, 5.74) is 1.28. The number of hydrogen-bond acceptors (Lipinski definition) is 2. The van der Waals surface area contributed by atoms with E-state index in [-0.39, 0.29) is 0 Å². The van der Waals surface area contributed by atoms with Crippen molar-refractivity contribution in [3.05, 3.63) is 49.3 Å². The zero-order valence-corrected chi connectivity index (χ0v) is 8.70. The number of pyridine rings is 1. The van der Waals surface area contributed by atoms with Gasteiger partial charge in [0.2, 0.25) is 0 Å². The molecule has 14 heavy (non-hydrogen) atoms. The van der Waals surface area contributed by atoms with Crippen LogP contribution in [0.2, 0.25) is 0 Å². The molecule has 0 aliphatic rings. The summed E-state index contributed by atoms with van der Waals surface area (Å²) in [6, 6.07) is 4.12. The molecule has 0 amide bonds. The Kier molecular flexibility index (Phi) is 7.02. The Hall–Kier alpha value is -1.66. The molecule has 0 fully saturated rings. The third kappa shape index (κ3) is 5.07. The van der Waals surface area contributed by atoms with Crippen molar-refractivity contribution in [3.8, 4) is 5.40 Å². The van der Waals surface area contributed by atoms with Crippen LogP contribution < -0.4 is 4.57 Å². The average molecular weight is 204 g/mol. The van der Waals surface area contributed by atoms with Crippen LogP contribution in [-0.2, 0) is 19.0 Å². The molecule has 0 bridgehead atoms. The molecule has 0 N–H and O–H groups in total. The number of nitriles is 1. The lowest BCUT2D eigenvalue weighted by Crippen LogP contribution is -2.23. The predicted molar refractivity (Wildman–Crippen MR) is 59.9 cm³/mol. The molecule has 0 saturated carbocycles. The Morgan fingerprint density at radius 2 is 1.93 bits per heavy atom. The molecule has 1 aromatic heterocycles. The van der Waals surface area contributed by atoms with Crippen molar-refractivity contribution in [2.24, 2.45) is 0 Å². The average Bonchev–Trinajstić information content (AvgIpc) is 2.21. The van der Waals surface area contributed by atoms with E-state index in [1.165, 1.54) is 11.0 Å². The standard InChI is InChI=1S/C10H12N.CHNS/c1-3-5-10-6-8-11(4-2)9-7-10;2-1-3/h3-4,6-9H,1-2,5H2;3H/q+1;/p-1. The van der Waals surface area contributed by atoms with Crippen molar-refractivity contribution < 1.29 is 4.57 Å². The maximum Gasteiger partial charge on any atom is 0.174 e. The van der Waals surface area contributed by atoms with Gasteiger partial charge in [-0.2, -0.15) is 4.57 Å². The largest absolute Gasteiger partial charge is 0.696 e. The third-order valence-electron chi connectivity index (χ3n) is 1.51. The van der Waals surface area contributed by atoms with Crippen LogP contribution in [0.3, 0.4) is 0 Å². The fourth-order valence-corrected chi connectivity index (χ4v) is 0.893. The van der Waals surface area contributed by atoms with Crippen molar-refractivity contribution in [1.29, 1.82) is 5.26 Å². The van der Waals surface area contributed by atoms with Gasteiger partial charge in [0.1, 0.15) is 0 Å². The van der Waals surface area contributed by atoms with E-state index >= 15 is 0 Å². The minimum absolute atomic E-state index is 0.929. The highest BCUT2D eigenvalue weighted by Crippen LogP contribution is 1.96. The first-order valence-electron chi connectivity index (χ1n) is 4.02. The van der Waals surface area contributed by atoms with Gasteiger partial charge in [-0.05, 0) is 18.6 Å². The Morgan fingerprint density at radius 3 is 2.29 bits per heavy atom. The quantitative estimate of drug-likeness (QED) is 0.325. The highest BCUT2D eigenvalue weighted by Gasteiger charge is 1.93. The highest BCUT2D eigenvalue weighted by molar-refractivity contribution is 7.64. The number of thiocyanates is 1. The first-order chi connectivity index (χ1) is 6.78. The van der Waals surface area contributed by atoms with E-state index in [1.807, 2.05) is 23.0 Å². The van der Waals surface area contributed by atoms with Crippen molar-refractivity contribution in [2.75, 3.05) is 0 Å². The minimum Gasteiger partial charge on any atom is -0.696 e. The fourth-order valence-electron chi connectivity index (χ4n) is 0.893. The highest BCUT2D eigenvalue weighted by atomic mass is 32.1. The first-order valence-corrected chi connectivity index (χ1v) is 4.43. The van der Waals surface area contributed by atoms with Gasteiger partial charge in [0.15, 0.2) is 18.6 Å². The van der Waals surface area contributed by atoms with Crippen LogP contribution in [0.1, 0.15) is 5.56 Å². The van der Waals surface area contributed by atoms with Gasteiger partial charge in [-0.1, -0.05) is 11.5 Å². The molecule has 0 unspecified atom stereocenters. The maximum atomic E-state index is 7.13. The second-order valence-electron chi connectivity index (χ2n) is 2.42. The van der Waals surface area contributed by atoms with Gasteiger partial charge in [0, 0.05) is 12.1 Å². The Morgan fingerprint density at radius 1 is 1.43 bits per heavy atom. The van der Waals surface area contributed by atoms with E-state index < -0.39 is 0 Å². The molecule has 1 rings (SSSR count). The van der Waals surface area contributed by atoms with Crippen molar-refractivity contribution in [3.63, 3.8) is 0 Å². The Labute approximate surface area is 90.2 Å². The molecule has 3 heteroatoms. The van der Waals surface area contributed by atoms with Gasteiger partial charge in [-0.25, -0.2) is 5.26 Å². The third-order valence-corrected chi connectivity index (χ3v) is 1.51. The van der Waals surface area contributed by atoms with Crippen molar-refractivity contribution in [2.45, 2.75) is 6.42 Å². The van der Waals surface area contributed by atoms with Gasteiger partial charge in [0.25, 0.3) is 0 Å². The zero-order chi connectivity index (χ0) is 10.8. The molecule has 0 spiro atoms.